The molecule has 0 saturated carbocycles. The van der Waals surface area contributed by atoms with E-state index in [0.29, 0.717) is 0 Å². The second kappa shape index (κ2) is 4.25. The van der Waals surface area contributed by atoms with Crippen LogP contribution >= 0.6 is 22.6 Å². The molecule has 0 saturated heterocycles. The maximum atomic E-state index is 4.31. The fourth-order valence-corrected chi connectivity index (χ4v) is 2.14. The van der Waals surface area contributed by atoms with Crippen LogP contribution in [0.5, 0.6) is 0 Å². The molecule has 1 aromatic rings. The molecule has 0 N–H and O–H groups in total. The molecule has 0 atom stereocenters. The highest BCUT2D eigenvalue weighted by atomic mass is 127. The molecule has 0 radical (unpaired) electrons. The third-order valence-corrected chi connectivity index (χ3v) is 3.14. The van der Waals surface area contributed by atoms with Gasteiger partial charge in [-0.15, -0.1) is 0 Å². The van der Waals surface area contributed by atoms with Gasteiger partial charge in [0.1, 0.15) is 12.1 Å². The van der Waals surface area contributed by atoms with Gasteiger partial charge in [0.2, 0.25) is 0 Å². The summed E-state index contributed by atoms with van der Waals surface area (Å²) in [5.41, 5.74) is 1.48. The van der Waals surface area contributed by atoms with Gasteiger partial charge in [-0.2, -0.15) is 0 Å². The van der Waals surface area contributed by atoms with Crippen LogP contribution in [0.1, 0.15) is 13.3 Å². The number of hydrogen-bond donors (Lipinski definition) is 0. The first-order valence-corrected chi connectivity index (χ1v) is 5.71. The Labute approximate surface area is 97.4 Å². The second-order valence-electron chi connectivity index (χ2n) is 3.44. The molecule has 1 aliphatic heterocycles. The van der Waals surface area contributed by atoms with Gasteiger partial charge in [-0.05, 0) is 35.9 Å². The molecular formula is C10H12IN3. The minimum atomic E-state index is 0.971. The predicted molar refractivity (Wildman–Crippen MR) is 65.3 cm³/mol. The molecule has 4 heteroatoms. The van der Waals surface area contributed by atoms with Gasteiger partial charge >= 0.3 is 0 Å². The molecule has 74 valence electrons. The topological polar surface area (TPSA) is 29.0 Å². The quantitative estimate of drug-likeness (QED) is 0.588. The van der Waals surface area contributed by atoms with E-state index in [4.69, 9.17) is 0 Å². The van der Waals surface area contributed by atoms with E-state index >= 15 is 0 Å². The van der Waals surface area contributed by atoms with Gasteiger partial charge in [0, 0.05) is 19.3 Å². The van der Waals surface area contributed by atoms with Crippen molar-refractivity contribution < 1.29 is 0 Å². The average molecular weight is 301 g/mol. The highest BCUT2D eigenvalue weighted by molar-refractivity contribution is 14.1. The first-order valence-electron chi connectivity index (χ1n) is 4.63. The summed E-state index contributed by atoms with van der Waals surface area (Å²) in [6.07, 6.45) is 6.87. The molecule has 0 bridgehead atoms. The van der Waals surface area contributed by atoms with Crippen LogP contribution in [0.3, 0.4) is 0 Å². The molecule has 0 amide bonds. The van der Waals surface area contributed by atoms with E-state index in [0.717, 1.165) is 28.9 Å². The monoisotopic (exact) mass is 301 g/mol. The summed E-state index contributed by atoms with van der Waals surface area (Å²) in [5, 5.41) is 0. The van der Waals surface area contributed by atoms with Gasteiger partial charge in [-0.3, -0.25) is 0 Å². The van der Waals surface area contributed by atoms with Crippen molar-refractivity contribution in [1.29, 1.82) is 0 Å². The van der Waals surface area contributed by atoms with E-state index < -0.39 is 0 Å². The lowest BCUT2D eigenvalue weighted by molar-refractivity contribution is 0.770. The van der Waals surface area contributed by atoms with Gasteiger partial charge < -0.3 is 4.90 Å². The molecule has 1 aromatic heterocycles. The Bertz CT molecular complexity index is 362. The number of rotatable bonds is 1. The number of halogens is 1. The molecule has 0 fully saturated rings. The number of hydrogen-bond acceptors (Lipinski definition) is 3. The highest BCUT2D eigenvalue weighted by Crippen LogP contribution is 2.21. The van der Waals surface area contributed by atoms with Crippen molar-refractivity contribution >= 4 is 28.4 Å². The van der Waals surface area contributed by atoms with Crippen LogP contribution in [0.25, 0.3) is 0 Å². The Balaban J connectivity index is 2.21. The smallest absolute Gasteiger partial charge is 0.145 e. The SMILES string of the molecule is CC1=CCN(c2ncncc2I)CC1. The highest BCUT2D eigenvalue weighted by Gasteiger charge is 2.13. The van der Waals surface area contributed by atoms with E-state index in [9.17, 15) is 0 Å². The molecule has 1 aliphatic rings. The average Bonchev–Trinajstić information content (AvgIpc) is 2.20. The fraction of sp³-hybridized carbons (Fsp3) is 0.400. The van der Waals surface area contributed by atoms with E-state index in [2.05, 4.69) is 50.5 Å². The van der Waals surface area contributed by atoms with Gasteiger partial charge in [-0.25, -0.2) is 9.97 Å². The van der Waals surface area contributed by atoms with Crippen molar-refractivity contribution in [1.82, 2.24) is 9.97 Å². The molecule has 0 spiro atoms. The van der Waals surface area contributed by atoms with Crippen LogP contribution in [0.15, 0.2) is 24.2 Å². The lowest BCUT2D eigenvalue weighted by atomic mass is 10.1. The van der Waals surface area contributed by atoms with Crippen molar-refractivity contribution in [3.63, 3.8) is 0 Å². The Morgan fingerprint density at radius 3 is 3.00 bits per heavy atom. The minimum absolute atomic E-state index is 0.971. The van der Waals surface area contributed by atoms with Gasteiger partial charge in [-0.1, -0.05) is 11.6 Å². The van der Waals surface area contributed by atoms with Crippen molar-refractivity contribution in [3.8, 4) is 0 Å². The number of nitrogens with zero attached hydrogens (tertiary/aromatic N) is 3. The summed E-state index contributed by atoms with van der Waals surface area (Å²) in [4.78, 5) is 10.6. The number of anilines is 1. The van der Waals surface area contributed by atoms with E-state index in [-0.39, 0.29) is 0 Å². The van der Waals surface area contributed by atoms with Crippen LogP contribution in [-0.2, 0) is 0 Å². The maximum absolute atomic E-state index is 4.31. The molecule has 14 heavy (non-hydrogen) atoms. The Morgan fingerprint density at radius 1 is 1.50 bits per heavy atom. The Kier molecular flexibility index (Phi) is 3.00. The fourth-order valence-electron chi connectivity index (χ4n) is 1.50. The zero-order valence-corrected chi connectivity index (χ0v) is 10.2. The largest absolute Gasteiger partial charge is 0.352 e. The molecule has 2 rings (SSSR count). The normalized spacial score (nSPS) is 16.7. The summed E-state index contributed by atoms with van der Waals surface area (Å²) < 4.78 is 1.12. The van der Waals surface area contributed by atoms with Crippen LogP contribution in [0.4, 0.5) is 5.82 Å². The summed E-state index contributed by atoms with van der Waals surface area (Å²) in [6, 6.07) is 0. The molecular weight excluding hydrogens is 289 g/mol. The molecule has 2 heterocycles. The van der Waals surface area contributed by atoms with Crippen LogP contribution in [0.2, 0.25) is 0 Å². The zero-order chi connectivity index (χ0) is 9.97. The van der Waals surface area contributed by atoms with Crippen molar-refractivity contribution in [2.75, 3.05) is 18.0 Å². The van der Waals surface area contributed by atoms with Crippen LogP contribution in [-0.4, -0.2) is 23.1 Å². The lowest BCUT2D eigenvalue weighted by Gasteiger charge is -2.26. The Morgan fingerprint density at radius 2 is 2.36 bits per heavy atom. The van der Waals surface area contributed by atoms with E-state index in [1.807, 2.05) is 6.20 Å². The summed E-state index contributed by atoms with van der Waals surface area (Å²) in [7, 11) is 0. The molecule has 3 nitrogen and oxygen atoms in total. The van der Waals surface area contributed by atoms with Gasteiger partial charge in [0.05, 0.1) is 3.57 Å². The third-order valence-electron chi connectivity index (χ3n) is 2.38. The summed E-state index contributed by atoms with van der Waals surface area (Å²) >= 11 is 2.28. The Hall–Kier alpha value is -0.650. The molecule has 0 aromatic carbocycles. The van der Waals surface area contributed by atoms with Crippen LogP contribution in [0, 0.1) is 3.57 Å². The number of aromatic nitrogens is 2. The van der Waals surface area contributed by atoms with E-state index in [1.165, 1.54) is 5.57 Å². The van der Waals surface area contributed by atoms with Crippen LogP contribution < -0.4 is 4.90 Å². The predicted octanol–water partition coefficient (Wildman–Crippen LogP) is 2.24. The maximum Gasteiger partial charge on any atom is 0.145 e. The minimum Gasteiger partial charge on any atom is -0.352 e. The standard InChI is InChI=1S/C10H12IN3/c1-8-2-4-14(5-3-8)10-9(11)6-12-7-13-10/h2,6-7H,3-5H2,1H3. The summed E-state index contributed by atoms with van der Waals surface area (Å²) in [5.74, 6) is 1.06. The van der Waals surface area contributed by atoms with Crippen molar-refractivity contribution in [3.05, 3.63) is 27.7 Å². The first-order chi connectivity index (χ1) is 6.77. The van der Waals surface area contributed by atoms with Gasteiger partial charge in [0.25, 0.3) is 0 Å². The molecule has 0 aliphatic carbocycles. The van der Waals surface area contributed by atoms with E-state index in [1.54, 1.807) is 6.33 Å². The lowest BCUT2D eigenvalue weighted by Crippen LogP contribution is -2.29. The van der Waals surface area contributed by atoms with Crippen molar-refractivity contribution in [2.45, 2.75) is 13.3 Å². The molecule has 0 unspecified atom stereocenters. The second-order valence-corrected chi connectivity index (χ2v) is 4.60. The first kappa shape index (κ1) is 9.89. The van der Waals surface area contributed by atoms with Crippen molar-refractivity contribution in [2.24, 2.45) is 0 Å². The third kappa shape index (κ3) is 2.05. The zero-order valence-electron chi connectivity index (χ0n) is 8.07. The van der Waals surface area contributed by atoms with Gasteiger partial charge in [0.15, 0.2) is 0 Å². The summed E-state index contributed by atoms with van der Waals surface area (Å²) in [6.45, 7) is 4.22.